The lowest BCUT2D eigenvalue weighted by molar-refractivity contribution is 0.208. The highest BCUT2D eigenvalue weighted by Gasteiger charge is 2.53. The molecule has 1 aromatic rings. The van der Waals surface area contributed by atoms with Crippen LogP contribution in [0.2, 0.25) is 0 Å². The molecule has 0 amide bonds. The van der Waals surface area contributed by atoms with E-state index in [-0.39, 0.29) is 0 Å². The van der Waals surface area contributed by atoms with Crippen LogP contribution in [0, 0.1) is 39.0 Å². The molecule has 2 bridgehead atoms. The highest BCUT2D eigenvalue weighted by Crippen LogP contribution is 2.65. The molecule has 0 aromatic heterocycles. The first kappa shape index (κ1) is 12.0. The number of benzene rings is 1. The van der Waals surface area contributed by atoms with Crippen LogP contribution in [0.1, 0.15) is 71.4 Å². The minimum Gasteiger partial charge on any atom is -0.0499 e. The Morgan fingerprint density at radius 3 is 2.05 bits per heavy atom. The second-order valence-corrected chi connectivity index (χ2v) is 7.66. The summed E-state index contributed by atoms with van der Waals surface area (Å²) in [7, 11) is 0. The van der Waals surface area contributed by atoms with Gasteiger partial charge in [0.25, 0.3) is 0 Å². The first-order valence-corrected chi connectivity index (χ1v) is 8.12. The summed E-state index contributed by atoms with van der Waals surface area (Å²) >= 11 is 0. The molecule has 0 spiro atoms. The van der Waals surface area contributed by atoms with Crippen LogP contribution < -0.4 is 0 Å². The predicted octanol–water partition coefficient (Wildman–Crippen LogP) is 5.14. The Labute approximate surface area is 117 Å². The van der Waals surface area contributed by atoms with E-state index in [9.17, 15) is 0 Å². The summed E-state index contributed by atoms with van der Waals surface area (Å²) in [6.45, 7) is 9.37. The van der Waals surface area contributed by atoms with Crippen molar-refractivity contribution in [2.45, 2.75) is 72.1 Å². The van der Waals surface area contributed by atoms with E-state index < -0.39 is 0 Å². The van der Waals surface area contributed by atoms with E-state index in [0.717, 1.165) is 17.3 Å². The van der Waals surface area contributed by atoms with Crippen LogP contribution in [0.4, 0.5) is 0 Å². The Morgan fingerprint density at radius 2 is 1.47 bits per heavy atom. The fourth-order valence-electron chi connectivity index (χ4n) is 5.58. The van der Waals surface area contributed by atoms with E-state index in [2.05, 4.69) is 27.7 Å². The lowest BCUT2D eigenvalue weighted by Gasteiger charge is -2.46. The molecule has 2 fully saturated rings. The molecule has 1 aromatic carbocycles. The summed E-state index contributed by atoms with van der Waals surface area (Å²) in [5.74, 6) is 1.99. The third-order valence-corrected chi connectivity index (χ3v) is 7.16. The summed E-state index contributed by atoms with van der Waals surface area (Å²) in [4.78, 5) is 0. The molecule has 1 unspecified atom stereocenters. The van der Waals surface area contributed by atoms with E-state index >= 15 is 0 Å². The van der Waals surface area contributed by atoms with Crippen molar-refractivity contribution < 1.29 is 0 Å². The zero-order chi connectivity index (χ0) is 13.4. The van der Waals surface area contributed by atoms with Gasteiger partial charge in [-0.25, -0.2) is 0 Å². The van der Waals surface area contributed by atoms with E-state index in [1.807, 2.05) is 0 Å². The van der Waals surface area contributed by atoms with Gasteiger partial charge < -0.3 is 0 Å². The quantitative estimate of drug-likeness (QED) is 0.651. The van der Waals surface area contributed by atoms with Crippen molar-refractivity contribution in [2.75, 3.05) is 0 Å². The molecule has 19 heavy (non-hydrogen) atoms. The zero-order valence-electron chi connectivity index (χ0n) is 12.9. The van der Waals surface area contributed by atoms with Crippen molar-refractivity contribution in [1.82, 2.24) is 0 Å². The van der Waals surface area contributed by atoms with Crippen LogP contribution in [-0.2, 0) is 6.42 Å². The lowest BCUT2D eigenvalue weighted by Crippen LogP contribution is -2.35. The molecule has 4 rings (SSSR count). The third-order valence-electron chi connectivity index (χ3n) is 7.16. The van der Waals surface area contributed by atoms with E-state index in [1.54, 1.807) is 39.8 Å². The lowest BCUT2D eigenvalue weighted by atomic mass is 9.58. The molecule has 3 aliphatic carbocycles. The van der Waals surface area contributed by atoms with Crippen LogP contribution in [0.15, 0.2) is 0 Å². The Kier molecular flexibility index (Phi) is 2.31. The number of hydrogen-bond acceptors (Lipinski definition) is 0. The molecule has 0 radical (unpaired) electrons. The van der Waals surface area contributed by atoms with Gasteiger partial charge in [0, 0.05) is 0 Å². The first-order valence-electron chi connectivity index (χ1n) is 8.12. The van der Waals surface area contributed by atoms with Crippen molar-refractivity contribution in [2.24, 2.45) is 11.3 Å². The van der Waals surface area contributed by atoms with Crippen LogP contribution in [-0.4, -0.2) is 0 Å². The molecule has 0 N–H and O–H groups in total. The van der Waals surface area contributed by atoms with Gasteiger partial charge in [-0.05, 0) is 117 Å². The topological polar surface area (TPSA) is 0 Å². The molecule has 0 heterocycles. The molecule has 0 aliphatic heterocycles. The van der Waals surface area contributed by atoms with E-state index in [1.165, 1.54) is 32.1 Å². The van der Waals surface area contributed by atoms with Crippen molar-refractivity contribution >= 4 is 0 Å². The summed E-state index contributed by atoms with van der Waals surface area (Å²) in [6.07, 6.45) is 9.02. The van der Waals surface area contributed by atoms with Crippen molar-refractivity contribution in [3.63, 3.8) is 0 Å². The normalized spacial score (nSPS) is 35.4. The van der Waals surface area contributed by atoms with Gasteiger partial charge in [0.1, 0.15) is 0 Å². The number of fused-ring (bicyclic) bond motifs is 3. The Hall–Kier alpha value is -0.780. The first-order chi connectivity index (χ1) is 9.03. The Morgan fingerprint density at radius 1 is 0.842 bits per heavy atom. The maximum Gasteiger partial charge on any atom is -0.00590 e. The van der Waals surface area contributed by atoms with Gasteiger partial charge in [-0.15, -0.1) is 0 Å². The largest absolute Gasteiger partial charge is 0.0499 e. The predicted molar refractivity (Wildman–Crippen MR) is 80.8 cm³/mol. The summed E-state index contributed by atoms with van der Waals surface area (Å²) in [6, 6.07) is 0. The monoisotopic (exact) mass is 254 g/mol. The van der Waals surface area contributed by atoms with Crippen LogP contribution in [0.3, 0.4) is 0 Å². The zero-order valence-corrected chi connectivity index (χ0v) is 12.9. The van der Waals surface area contributed by atoms with E-state index in [0.29, 0.717) is 0 Å². The Balaban J connectivity index is 1.82. The summed E-state index contributed by atoms with van der Waals surface area (Å²) in [5.41, 5.74) is 10.5. The van der Waals surface area contributed by atoms with Crippen molar-refractivity contribution in [1.29, 1.82) is 0 Å². The van der Waals surface area contributed by atoms with Crippen molar-refractivity contribution in [3.8, 4) is 0 Å². The maximum atomic E-state index is 2.38. The van der Waals surface area contributed by atoms with Crippen LogP contribution >= 0.6 is 0 Å². The Bertz CT molecular complexity index is 533. The smallest absolute Gasteiger partial charge is 0.00590 e. The number of hydrogen-bond donors (Lipinski definition) is 0. The van der Waals surface area contributed by atoms with Gasteiger partial charge >= 0.3 is 0 Å². The minimum atomic E-state index is 0.719. The standard InChI is InChI=1S/C19H26/c1-11-12(2)14(4)18-16(13(11)3)9-17(18)19-7-5-15(10-19)6-8-19/h15,17H,5-10H2,1-4H3. The summed E-state index contributed by atoms with van der Waals surface area (Å²) in [5, 5.41) is 0. The molecular weight excluding hydrogens is 228 g/mol. The fraction of sp³-hybridized carbons (Fsp3) is 0.684. The van der Waals surface area contributed by atoms with Gasteiger partial charge in [0.15, 0.2) is 0 Å². The minimum absolute atomic E-state index is 0.719. The highest BCUT2D eigenvalue weighted by atomic mass is 14.6. The van der Waals surface area contributed by atoms with Gasteiger partial charge in [-0.2, -0.15) is 0 Å². The fourth-order valence-corrected chi connectivity index (χ4v) is 5.58. The highest BCUT2D eigenvalue weighted by molar-refractivity contribution is 5.57. The molecule has 0 heteroatoms. The van der Waals surface area contributed by atoms with Crippen molar-refractivity contribution in [3.05, 3.63) is 33.4 Å². The molecule has 102 valence electrons. The second kappa shape index (κ2) is 3.65. The molecular formula is C19H26. The van der Waals surface area contributed by atoms with Crippen LogP contribution in [0.25, 0.3) is 0 Å². The van der Waals surface area contributed by atoms with Gasteiger partial charge in [0.2, 0.25) is 0 Å². The summed E-state index contributed by atoms with van der Waals surface area (Å²) < 4.78 is 0. The van der Waals surface area contributed by atoms with Crippen LogP contribution in [0.5, 0.6) is 0 Å². The third kappa shape index (κ3) is 1.36. The molecule has 0 saturated heterocycles. The SMILES string of the molecule is Cc1c(C)c(C)c2c(c1C)CC2C12CCC(CC1)C2. The van der Waals surface area contributed by atoms with Gasteiger partial charge in [-0.1, -0.05) is 0 Å². The molecule has 0 nitrogen and oxygen atoms in total. The second-order valence-electron chi connectivity index (χ2n) is 7.66. The maximum absolute atomic E-state index is 2.38. The molecule has 1 atom stereocenters. The average molecular weight is 254 g/mol. The molecule has 3 aliphatic rings. The average Bonchev–Trinajstić information content (AvgIpc) is 2.94. The van der Waals surface area contributed by atoms with Gasteiger partial charge in [0.05, 0.1) is 0 Å². The number of rotatable bonds is 1. The van der Waals surface area contributed by atoms with E-state index in [4.69, 9.17) is 0 Å². The molecule has 2 saturated carbocycles. The van der Waals surface area contributed by atoms with Gasteiger partial charge in [-0.3, -0.25) is 0 Å².